The van der Waals surface area contributed by atoms with Crippen LogP contribution in [0.2, 0.25) is 5.02 Å². The number of aliphatic carboxylic acids is 1. The second-order valence-corrected chi connectivity index (χ2v) is 10.3. The van der Waals surface area contributed by atoms with Crippen LogP contribution < -0.4 is 5.32 Å². The Bertz CT molecular complexity index is 851. The third kappa shape index (κ3) is 6.89. The predicted octanol–water partition coefficient (Wildman–Crippen LogP) is 5.63. The van der Waals surface area contributed by atoms with E-state index in [0.717, 1.165) is 41.9 Å². The molecule has 0 saturated heterocycles. The van der Waals surface area contributed by atoms with Gasteiger partial charge >= 0.3 is 12.0 Å². The molecule has 1 fully saturated rings. The second kappa shape index (κ2) is 11.0. The van der Waals surface area contributed by atoms with Gasteiger partial charge < -0.3 is 10.0 Å². The van der Waals surface area contributed by atoms with Crippen molar-refractivity contribution in [3.63, 3.8) is 0 Å². The highest BCUT2D eigenvalue weighted by molar-refractivity contribution is 8.01. The van der Waals surface area contributed by atoms with Gasteiger partial charge in [-0.15, -0.1) is 11.8 Å². The summed E-state index contributed by atoms with van der Waals surface area (Å²) in [5, 5.41) is 12.9. The topological polar surface area (TPSA) is 82.5 Å². The fourth-order valence-electron chi connectivity index (χ4n) is 3.58. The minimum Gasteiger partial charge on any atom is -0.481 e. The Morgan fingerprint density at radius 1 is 1.27 bits per heavy atom. The van der Waals surface area contributed by atoms with E-state index in [1.54, 1.807) is 6.20 Å². The number of benzene rings is 1. The van der Waals surface area contributed by atoms with Gasteiger partial charge in [-0.2, -0.15) is 0 Å². The number of thioether (sulfide) groups is 1. The smallest absolute Gasteiger partial charge is 0.323 e. The molecule has 1 aromatic carbocycles. The molecular weight excluding hydrogens is 442 g/mol. The van der Waals surface area contributed by atoms with Gasteiger partial charge in [-0.25, -0.2) is 9.78 Å². The zero-order valence-corrected chi connectivity index (χ0v) is 19.2. The van der Waals surface area contributed by atoms with Crippen LogP contribution in [0.15, 0.2) is 34.7 Å². The van der Waals surface area contributed by atoms with Gasteiger partial charge in [0.05, 0.1) is 16.2 Å². The van der Waals surface area contributed by atoms with E-state index in [4.69, 9.17) is 16.7 Å². The predicted molar refractivity (Wildman–Crippen MR) is 123 cm³/mol. The van der Waals surface area contributed by atoms with Crippen LogP contribution in [0.4, 0.5) is 9.93 Å². The molecule has 0 unspecified atom stereocenters. The lowest BCUT2D eigenvalue weighted by Gasteiger charge is -2.36. The molecule has 1 saturated carbocycles. The molecule has 1 aliphatic carbocycles. The van der Waals surface area contributed by atoms with E-state index in [-0.39, 0.29) is 17.8 Å². The van der Waals surface area contributed by atoms with Crippen molar-refractivity contribution in [2.45, 2.75) is 49.3 Å². The van der Waals surface area contributed by atoms with Crippen molar-refractivity contribution in [3.8, 4) is 0 Å². The van der Waals surface area contributed by atoms with Gasteiger partial charge in [0.2, 0.25) is 0 Å². The number of carbonyl (C=O) groups excluding carboxylic acids is 1. The maximum Gasteiger partial charge on any atom is 0.323 e. The van der Waals surface area contributed by atoms with Crippen LogP contribution in [0.1, 0.15) is 38.2 Å². The molecule has 9 heteroatoms. The lowest BCUT2D eigenvalue weighted by molar-refractivity contribution is -0.133. The monoisotopic (exact) mass is 467 g/mol. The number of hydrogen-bond acceptors (Lipinski definition) is 5. The number of thiazole rings is 1. The largest absolute Gasteiger partial charge is 0.481 e. The van der Waals surface area contributed by atoms with Crippen LogP contribution in [-0.2, 0) is 11.2 Å². The first-order valence-corrected chi connectivity index (χ1v) is 12.2. The second-order valence-electron chi connectivity index (χ2n) is 7.58. The van der Waals surface area contributed by atoms with E-state index < -0.39 is 5.97 Å². The highest BCUT2D eigenvalue weighted by Crippen LogP contribution is 2.30. The number of aromatic nitrogens is 1. The molecule has 30 heavy (non-hydrogen) atoms. The van der Waals surface area contributed by atoms with E-state index in [2.05, 4.69) is 17.2 Å². The Labute approximate surface area is 190 Å². The van der Waals surface area contributed by atoms with Gasteiger partial charge in [0.15, 0.2) is 5.13 Å². The van der Waals surface area contributed by atoms with E-state index in [1.807, 2.05) is 29.2 Å². The molecule has 2 amide bonds. The summed E-state index contributed by atoms with van der Waals surface area (Å²) < 4.78 is 0.770. The highest BCUT2D eigenvalue weighted by Gasteiger charge is 2.28. The number of halogens is 1. The Kier molecular flexibility index (Phi) is 8.41. The molecular formula is C21H26ClN3O3S2. The molecule has 1 aromatic heterocycles. The number of nitrogens with zero attached hydrogens (tertiary/aromatic N) is 2. The summed E-state index contributed by atoms with van der Waals surface area (Å²) in [6, 6.07) is 7.80. The van der Waals surface area contributed by atoms with Crippen molar-refractivity contribution in [2.24, 2.45) is 5.92 Å². The van der Waals surface area contributed by atoms with Gasteiger partial charge in [0.25, 0.3) is 0 Å². The summed E-state index contributed by atoms with van der Waals surface area (Å²) >= 11 is 8.48. The molecule has 0 aliphatic heterocycles. The number of amides is 2. The molecule has 0 atom stereocenters. The maximum absolute atomic E-state index is 13.1. The van der Waals surface area contributed by atoms with Crippen LogP contribution in [0.25, 0.3) is 0 Å². The summed E-state index contributed by atoms with van der Waals surface area (Å²) in [6.45, 7) is 2.89. The number of carboxylic acids is 1. The van der Waals surface area contributed by atoms with Crippen molar-refractivity contribution in [3.05, 3.63) is 41.0 Å². The van der Waals surface area contributed by atoms with Gasteiger partial charge in [-0.1, -0.05) is 42.0 Å². The lowest BCUT2D eigenvalue weighted by atomic mass is 9.86. The van der Waals surface area contributed by atoms with Crippen molar-refractivity contribution in [1.29, 1.82) is 0 Å². The summed E-state index contributed by atoms with van der Waals surface area (Å²) in [6.07, 6.45) is 6.63. The summed E-state index contributed by atoms with van der Waals surface area (Å²) in [7, 11) is 0. The van der Waals surface area contributed by atoms with Crippen molar-refractivity contribution >= 4 is 51.8 Å². The van der Waals surface area contributed by atoms with Crippen LogP contribution in [0, 0.1) is 5.92 Å². The normalized spacial score (nSPS) is 18.7. The molecule has 0 bridgehead atoms. The summed E-state index contributed by atoms with van der Waals surface area (Å²) in [5.41, 5.74) is 1.14. The minimum atomic E-state index is -0.876. The highest BCUT2D eigenvalue weighted by atomic mass is 35.5. The Balaban J connectivity index is 1.64. The Hall–Kier alpha value is -1.77. The Morgan fingerprint density at radius 2 is 1.97 bits per heavy atom. The standard InChI is InChI=1S/C21H26ClN3O3S2/c1-14-2-8-17(9-3-14)25(11-10-15-4-6-16(22)7-5-15)21(28)24-20-23-12-19(30-20)29-13-18(26)27/h4-7,12,14,17H,2-3,8-11,13H2,1H3,(H,26,27)(H,23,24,28). The molecule has 1 aliphatic rings. The SMILES string of the molecule is CC1CCC(N(CCc2ccc(Cl)cc2)C(=O)Nc2ncc(SCC(=O)O)s2)CC1. The van der Waals surface area contributed by atoms with Crippen LogP contribution >= 0.6 is 34.7 Å². The van der Waals surface area contributed by atoms with Crippen LogP contribution in [-0.4, -0.2) is 45.3 Å². The number of carbonyl (C=O) groups is 2. The number of nitrogens with one attached hydrogen (secondary N) is 1. The van der Waals surface area contributed by atoms with E-state index in [1.165, 1.54) is 23.1 Å². The number of carboxylic acid groups (broad SMARTS) is 1. The molecule has 2 aromatic rings. The van der Waals surface area contributed by atoms with Gasteiger partial charge in [0.1, 0.15) is 0 Å². The molecule has 0 radical (unpaired) electrons. The zero-order valence-electron chi connectivity index (χ0n) is 16.8. The molecule has 6 nitrogen and oxygen atoms in total. The first kappa shape index (κ1) is 22.9. The van der Waals surface area contributed by atoms with E-state index in [9.17, 15) is 9.59 Å². The molecule has 1 heterocycles. The number of anilines is 1. The number of rotatable bonds is 8. The first-order chi connectivity index (χ1) is 14.4. The maximum atomic E-state index is 13.1. The minimum absolute atomic E-state index is 0.0247. The summed E-state index contributed by atoms with van der Waals surface area (Å²) in [5.74, 6) is -0.197. The molecule has 0 spiro atoms. The van der Waals surface area contributed by atoms with Gasteiger partial charge in [-0.3, -0.25) is 10.1 Å². The van der Waals surface area contributed by atoms with Crippen molar-refractivity contribution in [1.82, 2.24) is 9.88 Å². The average Bonchev–Trinajstić information content (AvgIpc) is 3.16. The first-order valence-electron chi connectivity index (χ1n) is 10.0. The molecule has 3 rings (SSSR count). The average molecular weight is 468 g/mol. The number of hydrogen-bond donors (Lipinski definition) is 2. The third-order valence-corrected chi connectivity index (χ3v) is 7.62. The number of urea groups is 1. The van der Waals surface area contributed by atoms with Crippen molar-refractivity contribution in [2.75, 3.05) is 17.6 Å². The van der Waals surface area contributed by atoms with Crippen LogP contribution in [0.5, 0.6) is 0 Å². The third-order valence-electron chi connectivity index (χ3n) is 5.28. The van der Waals surface area contributed by atoms with E-state index >= 15 is 0 Å². The molecule has 162 valence electrons. The molecule has 2 N–H and O–H groups in total. The quantitative estimate of drug-likeness (QED) is 0.491. The fourth-order valence-corrected chi connectivity index (χ4v) is 5.29. The lowest BCUT2D eigenvalue weighted by Crippen LogP contribution is -2.45. The van der Waals surface area contributed by atoms with Crippen LogP contribution in [0.3, 0.4) is 0 Å². The zero-order chi connectivity index (χ0) is 21.5. The fraction of sp³-hybridized carbons (Fsp3) is 0.476. The Morgan fingerprint density at radius 3 is 2.63 bits per heavy atom. The van der Waals surface area contributed by atoms with Gasteiger partial charge in [0, 0.05) is 17.6 Å². The van der Waals surface area contributed by atoms with Gasteiger partial charge in [-0.05, 0) is 55.7 Å². The van der Waals surface area contributed by atoms with Crippen molar-refractivity contribution < 1.29 is 14.7 Å². The van der Waals surface area contributed by atoms with E-state index in [0.29, 0.717) is 22.6 Å². The summed E-state index contributed by atoms with van der Waals surface area (Å²) in [4.78, 5) is 30.0.